The van der Waals surface area contributed by atoms with Crippen LogP contribution in [0.5, 0.6) is 5.75 Å². The van der Waals surface area contributed by atoms with E-state index in [9.17, 15) is 4.39 Å². The Bertz CT molecular complexity index is 615. The first-order valence-corrected chi connectivity index (χ1v) is 5.94. The largest absolute Gasteiger partial charge is 0.488 e. The Morgan fingerprint density at radius 3 is 2.74 bits per heavy atom. The van der Waals surface area contributed by atoms with Gasteiger partial charge in [-0.25, -0.2) is 14.4 Å². The normalized spacial score (nSPS) is 17.1. The van der Waals surface area contributed by atoms with E-state index in [0.29, 0.717) is 29.8 Å². The van der Waals surface area contributed by atoms with Crippen LogP contribution >= 0.6 is 0 Å². The van der Waals surface area contributed by atoms with Crippen molar-refractivity contribution in [2.24, 2.45) is 5.73 Å². The van der Waals surface area contributed by atoms with Crippen LogP contribution in [0.3, 0.4) is 0 Å². The average Bonchev–Trinajstić information content (AvgIpc) is 2.81. The number of rotatable bonds is 2. The molecule has 5 nitrogen and oxygen atoms in total. The van der Waals surface area contributed by atoms with Crippen LogP contribution < -0.4 is 16.2 Å². The first kappa shape index (κ1) is 11.9. The van der Waals surface area contributed by atoms with Gasteiger partial charge in [0.15, 0.2) is 0 Å². The molecule has 98 valence electrons. The minimum absolute atomic E-state index is 0.106. The number of aromatic nitrogens is 2. The predicted molar refractivity (Wildman–Crippen MR) is 69.0 cm³/mol. The Balaban J connectivity index is 2.10. The fraction of sp³-hybridized carbons (Fsp3) is 0.231. The van der Waals surface area contributed by atoms with Gasteiger partial charge in [-0.1, -0.05) is 0 Å². The van der Waals surface area contributed by atoms with Crippen LogP contribution in [0.25, 0.3) is 11.1 Å². The lowest BCUT2D eigenvalue weighted by molar-refractivity contribution is 0.242. The fourth-order valence-electron chi connectivity index (χ4n) is 2.22. The second-order valence-electron chi connectivity index (χ2n) is 4.45. The molecule has 0 saturated carbocycles. The Morgan fingerprint density at radius 2 is 2.05 bits per heavy atom. The van der Waals surface area contributed by atoms with Gasteiger partial charge in [0, 0.05) is 42.0 Å². The number of fused-ring (bicyclic) bond motifs is 1. The SMILES string of the molecule is NC[C@H]1Cc2cc(F)cc(-c3cnc(N)nc3)c2O1. The molecule has 0 saturated heterocycles. The van der Waals surface area contributed by atoms with Crippen LogP contribution in [0.1, 0.15) is 5.56 Å². The van der Waals surface area contributed by atoms with Crippen LogP contribution in [-0.4, -0.2) is 22.6 Å². The van der Waals surface area contributed by atoms with E-state index in [4.69, 9.17) is 16.2 Å². The lowest BCUT2D eigenvalue weighted by atomic mass is 10.0. The van der Waals surface area contributed by atoms with E-state index < -0.39 is 0 Å². The molecule has 3 rings (SSSR count). The van der Waals surface area contributed by atoms with Crippen molar-refractivity contribution < 1.29 is 9.13 Å². The van der Waals surface area contributed by atoms with Crippen molar-refractivity contribution in [2.45, 2.75) is 12.5 Å². The topological polar surface area (TPSA) is 87.0 Å². The van der Waals surface area contributed by atoms with Gasteiger partial charge in [0.1, 0.15) is 17.7 Å². The third-order valence-electron chi connectivity index (χ3n) is 3.11. The first-order chi connectivity index (χ1) is 9.17. The van der Waals surface area contributed by atoms with Gasteiger partial charge in [0.2, 0.25) is 5.95 Å². The van der Waals surface area contributed by atoms with Crippen molar-refractivity contribution >= 4 is 5.95 Å². The summed E-state index contributed by atoms with van der Waals surface area (Å²) in [5.74, 6) is 0.523. The fourth-order valence-corrected chi connectivity index (χ4v) is 2.22. The molecule has 6 heteroatoms. The van der Waals surface area contributed by atoms with Crippen molar-refractivity contribution in [1.82, 2.24) is 9.97 Å². The second-order valence-corrected chi connectivity index (χ2v) is 4.45. The number of benzene rings is 1. The molecule has 1 aromatic carbocycles. The number of nitrogens with two attached hydrogens (primary N) is 2. The van der Waals surface area contributed by atoms with E-state index in [2.05, 4.69) is 9.97 Å². The molecule has 0 spiro atoms. The maximum Gasteiger partial charge on any atom is 0.219 e. The van der Waals surface area contributed by atoms with Crippen LogP contribution in [0.15, 0.2) is 24.5 Å². The Hall–Kier alpha value is -2.21. The number of anilines is 1. The summed E-state index contributed by atoms with van der Waals surface area (Å²) in [5, 5.41) is 0. The summed E-state index contributed by atoms with van der Waals surface area (Å²) < 4.78 is 19.4. The molecule has 2 heterocycles. The summed E-state index contributed by atoms with van der Waals surface area (Å²) in [6.45, 7) is 0.397. The second kappa shape index (κ2) is 4.47. The van der Waals surface area contributed by atoms with E-state index in [-0.39, 0.29) is 17.9 Å². The minimum atomic E-state index is -0.313. The molecule has 1 aromatic heterocycles. The zero-order chi connectivity index (χ0) is 13.4. The molecular formula is C13H13FN4O. The number of hydrogen-bond donors (Lipinski definition) is 2. The van der Waals surface area contributed by atoms with Crippen molar-refractivity contribution in [3.8, 4) is 16.9 Å². The van der Waals surface area contributed by atoms with Gasteiger partial charge in [-0.2, -0.15) is 0 Å². The zero-order valence-electron chi connectivity index (χ0n) is 10.1. The molecule has 1 atom stereocenters. The number of nitrogens with zero attached hydrogens (tertiary/aromatic N) is 2. The summed E-state index contributed by atoms with van der Waals surface area (Å²) >= 11 is 0. The highest BCUT2D eigenvalue weighted by molar-refractivity contribution is 5.72. The van der Waals surface area contributed by atoms with Crippen LogP contribution in [0.4, 0.5) is 10.3 Å². The van der Waals surface area contributed by atoms with Gasteiger partial charge in [0.05, 0.1) is 0 Å². The molecule has 2 aromatic rings. The molecule has 0 radical (unpaired) electrons. The molecule has 0 fully saturated rings. The molecule has 19 heavy (non-hydrogen) atoms. The molecule has 4 N–H and O–H groups in total. The molecule has 1 aliphatic heterocycles. The number of nitrogen functional groups attached to an aromatic ring is 1. The van der Waals surface area contributed by atoms with E-state index >= 15 is 0 Å². The molecule has 0 aliphatic carbocycles. The predicted octanol–water partition coefficient (Wildman–Crippen LogP) is 1.13. The molecule has 0 unspecified atom stereocenters. The summed E-state index contributed by atoms with van der Waals surface area (Å²) in [5.41, 5.74) is 13.2. The first-order valence-electron chi connectivity index (χ1n) is 5.94. The van der Waals surface area contributed by atoms with Gasteiger partial charge in [0.25, 0.3) is 0 Å². The number of hydrogen-bond acceptors (Lipinski definition) is 5. The lowest BCUT2D eigenvalue weighted by Gasteiger charge is -2.10. The van der Waals surface area contributed by atoms with Crippen molar-refractivity contribution in [3.05, 3.63) is 35.9 Å². The van der Waals surface area contributed by atoms with Crippen molar-refractivity contribution in [2.75, 3.05) is 12.3 Å². The highest BCUT2D eigenvalue weighted by Gasteiger charge is 2.26. The summed E-state index contributed by atoms with van der Waals surface area (Å²) in [6.07, 6.45) is 3.62. The van der Waals surface area contributed by atoms with Crippen molar-refractivity contribution in [3.63, 3.8) is 0 Å². The van der Waals surface area contributed by atoms with E-state index in [1.165, 1.54) is 12.1 Å². The Morgan fingerprint density at radius 1 is 1.32 bits per heavy atom. The lowest BCUT2D eigenvalue weighted by Crippen LogP contribution is -2.24. The Kier molecular flexibility index (Phi) is 2.79. The maximum atomic E-state index is 13.7. The smallest absolute Gasteiger partial charge is 0.219 e. The standard InChI is InChI=1S/C13H13FN4O/c14-9-1-7-2-10(4-15)19-12(7)11(3-9)8-5-17-13(16)18-6-8/h1,3,5-6,10H,2,4,15H2,(H2,16,17,18)/t10-/m1/s1. The minimum Gasteiger partial charge on any atom is -0.488 e. The van der Waals surface area contributed by atoms with Crippen LogP contribution in [0.2, 0.25) is 0 Å². The maximum absolute atomic E-state index is 13.7. The van der Waals surface area contributed by atoms with Gasteiger partial charge < -0.3 is 16.2 Å². The Labute approximate surface area is 109 Å². The zero-order valence-corrected chi connectivity index (χ0v) is 10.1. The molecule has 1 aliphatic rings. The third kappa shape index (κ3) is 2.10. The van der Waals surface area contributed by atoms with Gasteiger partial charge in [-0.3, -0.25) is 0 Å². The van der Waals surface area contributed by atoms with E-state index in [0.717, 1.165) is 5.56 Å². The van der Waals surface area contributed by atoms with E-state index in [1.54, 1.807) is 12.4 Å². The monoisotopic (exact) mass is 260 g/mol. The average molecular weight is 260 g/mol. The summed E-state index contributed by atoms with van der Waals surface area (Å²) in [6, 6.07) is 2.89. The molecule has 0 bridgehead atoms. The summed E-state index contributed by atoms with van der Waals surface area (Å²) in [4.78, 5) is 7.83. The number of ether oxygens (including phenoxy) is 1. The van der Waals surface area contributed by atoms with Gasteiger partial charge >= 0.3 is 0 Å². The molecular weight excluding hydrogens is 247 g/mol. The van der Waals surface area contributed by atoms with E-state index in [1.807, 2.05) is 0 Å². The molecule has 0 amide bonds. The highest BCUT2D eigenvalue weighted by atomic mass is 19.1. The van der Waals surface area contributed by atoms with Crippen LogP contribution in [0, 0.1) is 5.82 Å². The van der Waals surface area contributed by atoms with Crippen LogP contribution in [-0.2, 0) is 6.42 Å². The summed E-state index contributed by atoms with van der Waals surface area (Å²) in [7, 11) is 0. The highest BCUT2D eigenvalue weighted by Crippen LogP contribution is 2.39. The van der Waals surface area contributed by atoms with Gasteiger partial charge in [-0.05, 0) is 12.1 Å². The third-order valence-corrected chi connectivity index (χ3v) is 3.11. The quantitative estimate of drug-likeness (QED) is 0.845. The van der Waals surface area contributed by atoms with Gasteiger partial charge in [-0.15, -0.1) is 0 Å². The number of halogens is 1. The van der Waals surface area contributed by atoms with Crippen molar-refractivity contribution in [1.29, 1.82) is 0 Å².